The van der Waals surface area contributed by atoms with Crippen molar-refractivity contribution in [2.45, 2.75) is 26.3 Å². The Morgan fingerprint density at radius 3 is 2.53 bits per heavy atom. The van der Waals surface area contributed by atoms with Gasteiger partial charge in [-0.05, 0) is 30.5 Å². The summed E-state index contributed by atoms with van der Waals surface area (Å²) in [6.07, 6.45) is -0.0527. The molecule has 4 heteroatoms. The molecule has 0 amide bonds. The lowest BCUT2D eigenvalue weighted by Gasteiger charge is -2.16. The van der Waals surface area contributed by atoms with Crippen molar-refractivity contribution in [1.82, 2.24) is 0 Å². The fourth-order valence-electron chi connectivity index (χ4n) is 1.54. The fourth-order valence-corrected chi connectivity index (χ4v) is 2.28. The topological polar surface area (TPSA) is 63.3 Å². The van der Waals surface area contributed by atoms with Crippen molar-refractivity contribution in [3.63, 3.8) is 0 Å². The third kappa shape index (κ3) is 2.79. The van der Waals surface area contributed by atoms with E-state index in [1.165, 1.54) is 0 Å². The highest BCUT2D eigenvalue weighted by Crippen LogP contribution is 2.30. The highest BCUT2D eigenvalue weighted by Gasteiger charge is 2.16. The smallest absolute Gasteiger partial charge is 0.305 e. The molecule has 1 rings (SSSR count). The maximum Gasteiger partial charge on any atom is 0.305 e. The van der Waals surface area contributed by atoms with E-state index in [0.717, 1.165) is 21.2 Å². The predicted molar refractivity (Wildman–Crippen MR) is 62.8 cm³/mol. The minimum atomic E-state index is -0.879. The molecule has 0 aliphatic rings. The van der Waals surface area contributed by atoms with Gasteiger partial charge in [-0.3, -0.25) is 4.79 Å². The molecule has 3 N–H and O–H groups in total. The molecule has 0 saturated heterocycles. The van der Waals surface area contributed by atoms with Crippen LogP contribution in [0.15, 0.2) is 16.6 Å². The zero-order chi connectivity index (χ0) is 11.6. The first-order valence-corrected chi connectivity index (χ1v) is 5.45. The van der Waals surface area contributed by atoms with Crippen LogP contribution in [-0.4, -0.2) is 11.1 Å². The van der Waals surface area contributed by atoms with Gasteiger partial charge in [-0.15, -0.1) is 0 Å². The Morgan fingerprint density at radius 2 is 2.00 bits per heavy atom. The van der Waals surface area contributed by atoms with Crippen LogP contribution in [0, 0.1) is 13.8 Å². The summed E-state index contributed by atoms with van der Waals surface area (Å²) in [5.74, 6) is -0.879. The lowest BCUT2D eigenvalue weighted by atomic mass is 9.97. The summed E-state index contributed by atoms with van der Waals surface area (Å²) in [5, 5.41) is 8.70. The van der Waals surface area contributed by atoms with Crippen LogP contribution in [0.1, 0.15) is 29.2 Å². The van der Waals surface area contributed by atoms with Gasteiger partial charge in [0.15, 0.2) is 0 Å². The van der Waals surface area contributed by atoms with E-state index < -0.39 is 12.0 Å². The number of carbonyl (C=O) groups is 1. The Labute approximate surface area is 97.4 Å². The van der Waals surface area contributed by atoms with Crippen LogP contribution < -0.4 is 5.73 Å². The van der Waals surface area contributed by atoms with Crippen LogP contribution in [0.2, 0.25) is 0 Å². The van der Waals surface area contributed by atoms with Gasteiger partial charge < -0.3 is 10.8 Å². The van der Waals surface area contributed by atoms with Crippen molar-refractivity contribution < 1.29 is 9.90 Å². The molecule has 3 nitrogen and oxygen atoms in total. The molecule has 0 aliphatic carbocycles. The summed E-state index contributed by atoms with van der Waals surface area (Å²) in [7, 11) is 0. The largest absolute Gasteiger partial charge is 0.481 e. The average Bonchev–Trinajstić information content (AvgIpc) is 2.11. The molecule has 0 fully saturated rings. The number of hydrogen-bond donors (Lipinski definition) is 2. The molecule has 0 saturated carbocycles. The monoisotopic (exact) mass is 271 g/mol. The fraction of sp³-hybridized carbons (Fsp3) is 0.364. The first-order valence-electron chi connectivity index (χ1n) is 4.66. The Bertz CT molecular complexity index is 390. The van der Waals surface area contributed by atoms with Gasteiger partial charge >= 0.3 is 5.97 Å². The number of aryl methyl sites for hydroxylation is 2. The molecule has 0 heterocycles. The van der Waals surface area contributed by atoms with Gasteiger partial charge in [0.1, 0.15) is 0 Å². The van der Waals surface area contributed by atoms with E-state index in [4.69, 9.17) is 10.8 Å². The van der Waals surface area contributed by atoms with Crippen molar-refractivity contribution in [3.8, 4) is 0 Å². The van der Waals surface area contributed by atoms with Gasteiger partial charge in [-0.2, -0.15) is 0 Å². The summed E-state index contributed by atoms with van der Waals surface area (Å²) in [6, 6.07) is 3.48. The number of nitrogens with two attached hydrogens (primary N) is 1. The molecule has 1 unspecified atom stereocenters. The quantitative estimate of drug-likeness (QED) is 0.888. The second-order valence-electron chi connectivity index (χ2n) is 3.63. The molecule has 1 aromatic rings. The van der Waals surface area contributed by atoms with E-state index in [2.05, 4.69) is 15.9 Å². The summed E-state index contributed by atoms with van der Waals surface area (Å²) >= 11 is 3.45. The number of rotatable bonds is 3. The van der Waals surface area contributed by atoms with Crippen molar-refractivity contribution >= 4 is 21.9 Å². The number of aliphatic carboxylic acids is 1. The van der Waals surface area contributed by atoms with Gasteiger partial charge in [0.25, 0.3) is 0 Å². The third-order valence-electron chi connectivity index (χ3n) is 2.36. The predicted octanol–water partition coefficient (Wildman–Crippen LogP) is 2.54. The van der Waals surface area contributed by atoms with Gasteiger partial charge in [0.2, 0.25) is 0 Å². The molecule has 15 heavy (non-hydrogen) atoms. The zero-order valence-corrected chi connectivity index (χ0v) is 10.3. The highest BCUT2D eigenvalue weighted by molar-refractivity contribution is 9.10. The van der Waals surface area contributed by atoms with Crippen LogP contribution in [-0.2, 0) is 4.79 Å². The van der Waals surface area contributed by atoms with Gasteiger partial charge in [-0.1, -0.05) is 28.1 Å². The van der Waals surface area contributed by atoms with Crippen molar-refractivity contribution in [2.24, 2.45) is 5.73 Å². The average molecular weight is 272 g/mol. The second-order valence-corrected chi connectivity index (χ2v) is 4.42. The summed E-state index contributed by atoms with van der Waals surface area (Å²) in [4.78, 5) is 10.6. The molecule has 0 spiro atoms. The van der Waals surface area contributed by atoms with Crippen molar-refractivity contribution in [1.29, 1.82) is 0 Å². The van der Waals surface area contributed by atoms with E-state index in [1.807, 2.05) is 26.0 Å². The minimum absolute atomic E-state index is 0.0527. The van der Waals surface area contributed by atoms with Crippen molar-refractivity contribution in [2.75, 3.05) is 0 Å². The number of benzene rings is 1. The van der Waals surface area contributed by atoms with Crippen molar-refractivity contribution in [3.05, 3.63) is 33.3 Å². The molecule has 1 atom stereocenters. The maximum atomic E-state index is 10.6. The lowest BCUT2D eigenvalue weighted by molar-refractivity contribution is -0.137. The minimum Gasteiger partial charge on any atom is -0.481 e. The number of hydrogen-bond acceptors (Lipinski definition) is 2. The highest BCUT2D eigenvalue weighted by atomic mass is 79.9. The lowest BCUT2D eigenvalue weighted by Crippen LogP contribution is -2.17. The number of halogens is 1. The Morgan fingerprint density at radius 1 is 1.47 bits per heavy atom. The second kappa shape index (κ2) is 4.77. The molecule has 0 bridgehead atoms. The van der Waals surface area contributed by atoms with E-state index in [9.17, 15) is 4.79 Å². The molecule has 0 aliphatic heterocycles. The zero-order valence-electron chi connectivity index (χ0n) is 8.75. The molecule has 0 radical (unpaired) electrons. The Balaban J connectivity index is 3.12. The van der Waals surface area contributed by atoms with Crippen LogP contribution in [0.5, 0.6) is 0 Å². The van der Waals surface area contributed by atoms with Crippen LogP contribution in [0.4, 0.5) is 0 Å². The third-order valence-corrected chi connectivity index (χ3v) is 3.41. The summed E-state index contributed by atoms with van der Waals surface area (Å²) < 4.78 is 0.913. The normalized spacial score (nSPS) is 12.5. The summed E-state index contributed by atoms with van der Waals surface area (Å²) in [5.41, 5.74) is 8.82. The van der Waals surface area contributed by atoms with E-state index >= 15 is 0 Å². The molecular formula is C11H14BrNO2. The SMILES string of the molecule is Cc1ccc(C)c(C(N)CC(=O)O)c1Br. The molecular weight excluding hydrogens is 258 g/mol. The van der Waals surface area contributed by atoms with Crippen LogP contribution >= 0.6 is 15.9 Å². The van der Waals surface area contributed by atoms with E-state index in [0.29, 0.717) is 0 Å². The van der Waals surface area contributed by atoms with E-state index in [-0.39, 0.29) is 6.42 Å². The molecule has 82 valence electrons. The van der Waals surface area contributed by atoms with E-state index in [1.54, 1.807) is 0 Å². The number of carboxylic acid groups (broad SMARTS) is 1. The Hall–Kier alpha value is -0.870. The summed E-state index contributed by atoms with van der Waals surface area (Å²) in [6.45, 7) is 3.89. The Kier molecular flexibility index (Phi) is 3.88. The first-order chi connectivity index (χ1) is 6.93. The molecule has 1 aromatic carbocycles. The van der Waals surface area contributed by atoms with Crippen LogP contribution in [0.3, 0.4) is 0 Å². The number of carboxylic acids is 1. The van der Waals surface area contributed by atoms with Gasteiger partial charge in [0, 0.05) is 10.5 Å². The van der Waals surface area contributed by atoms with Gasteiger partial charge in [0.05, 0.1) is 6.42 Å². The maximum absolute atomic E-state index is 10.6. The first kappa shape index (κ1) is 12.2. The van der Waals surface area contributed by atoms with Gasteiger partial charge in [-0.25, -0.2) is 0 Å². The standard InChI is InChI=1S/C11H14BrNO2/c1-6-3-4-7(2)11(12)10(6)8(13)5-9(14)15/h3-4,8H,5,13H2,1-2H3,(H,14,15). The molecule has 0 aromatic heterocycles. The van der Waals surface area contributed by atoms with Crippen LogP contribution in [0.25, 0.3) is 0 Å².